The number of aliphatic hydroxyl groups is 1. The number of carbonyl (C=O) groups excluding carboxylic acids is 3. The van der Waals surface area contributed by atoms with Gasteiger partial charge >= 0.3 is 0 Å². The van der Waals surface area contributed by atoms with E-state index in [1.54, 1.807) is 6.92 Å². The molecule has 0 bridgehead atoms. The van der Waals surface area contributed by atoms with Gasteiger partial charge in [-0.25, -0.2) is 0 Å². The van der Waals surface area contributed by atoms with Crippen LogP contribution in [0.1, 0.15) is 40.5 Å². The number of thioether (sulfide) groups is 1. The molecule has 1 rings (SSSR count). The van der Waals surface area contributed by atoms with E-state index in [2.05, 4.69) is 10.6 Å². The largest absolute Gasteiger partial charge is 0.393 e. The SMILES string of the molecule is CC(=O)SCCNC(=O)CCNC(=O)[C@@H]1OC(CC(C)O)OCC1(C)C. The first-order valence-electron chi connectivity index (χ1n) is 8.74. The second-order valence-corrected chi connectivity index (χ2v) is 8.33. The van der Waals surface area contributed by atoms with Crippen molar-refractivity contribution in [1.82, 2.24) is 10.6 Å². The molecule has 1 aliphatic heterocycles. The Balaban J connectivity index is 2.35. The molecule has 2 amide bonds. The molecule has 0 radical (unpaired) electrons. The number of carbonyl (C=O) groups is 3. The first-order valence-corrected chi connectivity index (χ1v) is 9.73. The highest BCUT2D eigenvalue weighted by atomic mass is 32.2. The molecular formula is C17H30N2O6S. The summed E-state index contributed by atoms with van der Waals surface area (Å²) < 4.78 is 11.3. The summed E-state index contributed by atoms with van der Waals surface area (Å²) in [6.07, 6.45) is -1.48. The minimum absolute atomic E-state index is 0.0134. The summed E-state index contributed by atoms with van der Waals surface area (Å²) in [5, 5.41) is 14.9. The third-order valence-electron chi connectivity index (χ3n) is 3.79. The molecule has 0 aromatic rings. The highest BCUT2D eigenvalue weighted by Gasteiger charge is 2.42. The Morgan fingerprint density at radius 2 is 1.96 bits per heavy atom. The molecule has 26 heavy (non-hydrogen) atoms. The van der Waals surface area contributed by atoms with Crippen molar-refractivity contribution in [1.29, 1.82) is 0 Å². The van der Waals surface area contributed by atoms with Gasteiger partial charge in [-0.05, 0) is 6.92 Å². The molecule has 150 valence electrons. The van der Waals surface area contributed by atoms with Gasteiger partial charge in [-0.15, -0.1) is 0 Å². The maximum Gasteiger partial charge on any atom is 0.249 e. The molecule has 8 nitrogen and oxygen atoms in total. The van der Waals surface area contributed by atoms with Crippen LogP contribution in [-0.2, 0) is 23.9 Å². The van der Waals surface area contributed by atoms with Crippen LogP contribution in [0.15, 0.2) is 0 Å². The Morgan fingerprint density at radius 3 is 2.58 bits per heavy atom. The number of nitrogens with one attached hydrogen (secondary N) is 2. The summed E-state index contributed by atoms with van der Waals surface area (Å²) in [6, 6.07) is 0. The van der Waals surface area contributed by atoms with Crippen molar-refractivity contribution in [2.75, 3.05) is 25.4 Å². The Labute approximate surface area is 158 Å². The van der Waals surface area contributed by atoms with Gasteiger partial charge in [-0.1, -0.05) is 25.6 Å². The fourth-order valence-corrected chi connectivity index (χ4v) is 2.93. The van der Waals surface area contributed by atoms with E-state index in [1.165, 1.54) is 6.92 Å². The molecule has 1 fully saturated rings. The Bertz CT molecular complexity index is 498. The van der Waals surface area contributed by atoms with E-state index < -0.39 is 23.9 Å². The van der Waals surface area contributed by atoms with Gasteiger partial charge in [0.05, 0.1) is 12.7 Å². The monoisotopic (exact) mass is 390 g/mol. The van der Waals surface area contributed by atoms with E-state index in [9.17, 15) is 19.5 Å². The van der Waals surface area contributed by atoms with E-state index in [0.717, 1.165) is 11.8 Å². The lowest BCUT2D eigenvalue weighted by atomic mass is 9.85. The molecule has 2 unspecified atom stereocenters. The molecule has 3 N–H and O–H groups in total. The van der Waals surface area contributed by atoms with Gasteiger partial charge in [0.25, 0.3) is 0 Å². The van der Waals surface area contributed by atoms with Crippen LogP contribution in [0, 0.1) is 5.41 Å². The molecule has 9 heteroatoms. The average Bonchev–Trinajstić information content (AvgIpc) is 2.52. The van der Waals surface area contributed by atoms with Crippen molar-refractivity contribution in [3.05, 3.63) is 0 Å². The van der Waals surface area contributed by atoms with E-state index in [0.29, 0.717) is 25.3 Å². The molecule has 1 saturated heterocycles. The molecule has 0 aliphatic carbocycles. The first-order chi connectivity index (χ1) is 12.1. The molecule has 0 spiro atoms. The number of ether oxygens (including phenoxy) is 2. The molecule has 3 atom stereocenters. The zero-order valence-corrected chi connectivity index (χ0v) is 16.7. The second kappa shape index (κ2) is 10.9. The molecule has 0 aromatic carbocycles. The van der Waals surface area contributed by atoms with E-state index in [4.69, 9.17) is 9.47 Å². The number of aliphatic hydroxyl groups excluding tert-OH is 1. The van der Waals surface area contributed by atoms with Crippen molar-refractivity contribution in [2.24, 2.45) is 5.41 Å². The fourth-order valence-electron chi connectivity index (χ4n) is 2.44. The predicted molar refractivity (Wildman–Crippen MR) is 98.5 cm³/mol. The van der Waals surface area contributed by atoms with E-state index in [-0.39, 0.29) is 29.9 Å². The summed E-state index contributed by atoms with van der Waals surface area (Å²) in [7, 11) is 0. The number of amides is 2. The standard InChI is InChI=1S/C17H30N2O6S/c1-11(20)9-14-24-10-17(3,4)15(25-14)16(23)19-6-5-13(22)18-7-8-26-12(2)21/h11,14-15,20H,5-10H2,1-4H3,(H,18,22)(H,19,23)/t11?,14?,15-/m0/s1. The normalized spacial score (nSPS) is 23.1. The lowest BCUT2D eigenvalue weighted by Gasteiger charge is -2.41. The van der Waals surface area contributed by atoms with Gasteiger partial charge < -0.3 is 25.2 Å². The van der Waals surface area contributed by atoms with Gasteiger partial charge in [0.2, 0.25) is 11.8 Å². The van der Waals surface area contributed by atoms with Crippen LogP contribution in [-0.4, -0.2) is 66.0 Å². The summed E-state index contributed by atoms with van der Waals surface area (Å²) in [6.45, 7) is 7.81. The Hall–Kier alpha value is -1.16. The minimum Gasteiger partial charge on any atom is -0.393 e. The molecule has 0 aromatic heterocycles. The van der Waals surface area contributed by atoms with Gasteiger partial charge in [0.15, 0.2) is 11.4 Å². The zero-order chi connectivity index (χ0) is 19.7. The van der Waals surface area contributed by atoms with Gasteiger partial charge in [-0.2, -0.15) is 0 Å². The Morgan fingerprint density at radius 1 is 1.27 bits per heavy atom. The van der Waals surface area contributed by atoms with Crippen molar-refractivity contribution < 1.29 is 29.0 Å². The van der Waals surface area contributed by atoms with Crippen molar-refractivity contribution in [3.8, 4) is 0 Å². The topological polar surface area (TPSA) is 114 Å². The highest BCUT2D eigenvalue weighted by molar-refractivity contribution is 8.13. The number of hydrogen-bond acceptors (Lipinski definition) is 7. The van der Waals surface area contributed by atoms with Crippen LogP contribution in [0.3, 0.4) is 0 Å². The van der Waals surface area contributed by atoms with Gasteiger partial charge in [0, 0.05) is 44.0 Å². The maximum absolute atomic E-state index is 12.4. The number of hydrogen-bond donors (Lipinski definition) is 3. The highest BCUT2D eigenvalue weighted by Crippen LogP contribution is 2.31. The lowest BCUT2D eigenvalue weighted by molar-refractivity contribution is -0.260. The molecule has 0 saturated carbocycles. The summed E-state index contributed by atoms with van der Waals surface area (Å²) in [4.78, 5) is 34.9. The van der Waals surface area contributed by atoms with Crippen LogP contribution >= 0.6 is 11.8 Å². The minimum atomic E-state index is -0.713. The molecular weight excluding hydrogens is 360 g/mol. The predicted octanol–water partition coefficient (Wildman–Crippen LogP) is 0.427. The first kappa shape index (κ1) is 22.9. The van der Waals surface area contributed by atoms with Gasteiger partial charge in [0.1, 0.15) is 6.10 Å². The lowest BCUT2D eigenvalue weighted by Crippen LogP contribution is -2.54. The van der Waals surface area contributed by atoms with E-state index >= 15 is 0 Å². The summed E-state index contributed by atoms with van der Waals surface area (Å²) >= 11 is 1.16. The third-order valence-corrected chi connectivity index (χ3v) is 4.61. The van der Waals surface area contributed by atoms with Crippen molar-refractivity contribution >= 4 is 28.7 Å². The average molecular weight is 391 g/mol. The molecule has 1 heterocycles. The Kier molecular flexibility index (Phi) is 9.56. The smallest absolute Gasteiger partial charge is 0.249 e. The van der Waals surface area contributed by atoms with Crippen LogP contribution < -0.4 is 10.6 Å². The number of rotatable bonds is 9. The molecule has 1 aliphatic rings. The second-order valence-electron chi connectivity index (χ2n) is 7.06. The zero-order valence-electron chi connectivity index (χ0n) is 15.9. The van der Waals surface area contributed by atoms with Crippen LogP contribution in [0.4, 0.5) is 0 Å². The third kappa shape index (κ3) is 8.48. The van der Waals surface area contributed by atoms with Crippen LogP contribution in [0.25, 0.3) is 0 Å². The fraction of sp³-hybridized carbons (Fsp3) is 0.824. The van der Waals surface area contributed by atoms with Crippen molar-refractivity contribution in [3.63, 3.8) is 0 Å². The van der Waals surface area contributed by atoms with E-state index in [1.807, 2.05) is 13.8 Å². The van der Waals surface area contributed by atoms with Crippen molar-refractivity contribution in [2.45, 2.75) is 59.0 Å². The van der Waals surface area contributed by atoms with Gasteiger partial charge in [-0.3, -0.25) is 14.4 Å². The quantitative estimate of drug-likeness (QED) is 0.489. The van der Waals surface area contributed by atoms with Crippen LogP contribution in [0.5, 0.6) is 0 Å². The summed E-state index contributed by atoms with van der Waals surface area (Å²) in [5.41, 5.74) is -0.508. The van der Waals surface area contributed by atoms with Crippen LogP contribution in [0.2, 0.25) is 0 Å². The maximum atomic E-state index is 12.4. The summed E-state index contributed by atoms with van der Waals surface area (Å²) in [5.74, 6) is 0.0461.